The second-order valence-corrected chi connectivity index (χ2v) is 8.32. The Morgan fingerprint density at radius 3 is 2.64 bits per heavy atom. The molecule has 0 aliphatic rings. The van der Waals surface area contributed by atoms with Crippen molar-refractivity contribution in [1.82, 2.24) is 5.32 Å². The molecule has 2 heterocycles. The Morgan fingerprint density at radius 2 is 1.96 bits per heavy atom. The van der Waals surface area contributed by atoms with Crippen LogP contribution in [0.15, 0.2) is 64.7 Å². The van der Waals surface area contributed by atoms with Crippen LogP contribution in [0.25, 0.3) is 0 Å². The fourth-order valence-electron chi connectivity index (χ4n) is 2.46. The topological polar surface area (TPSA) is 49.3 Å². The van der Waals surface area contributed by atoms with E-state index in [0.29, 0.717) is 5.75 Å². The van der Waals surface area contributed by atoms with Gasteiger partial charge in [-0.05, 0) is 33.8 Å². The minimum absolute atomic E-state index is 0.0638. The highest BCUT2D eigenvalue weighted by Gasteiger charge is 2.33. The zero-order chi connectivity index (χ0) is 17.5. The number of thiophene rings is 2. The van der Waals surface area contributed by atoms with E-state index < -0.39 is 5.60 Å². The van der Waals surface area contributed by atoms with Gasteiger partial charge in [0.25, 0.3) is 0 Å². The molecule has 0 radical (unpaired) electrons. The molecule has 0 unspecified atom stereocenters. The van der Waals surface area contributed by atoms with Gasteiger partial charge in [-0.1, -0.05) is 36.4 Å². The molecule has 25 heavy (non-hydrogen) atoms. The molecule has 130 valence electrons. The Labute approximate surface area is 159 Å². The van der Waals surface area contributed by atoms with Crippen molar-refractivity contribution < 1.29 is 9.90 Å². The summed E-state index contributed by atoms with van der Waals surface area (Å²) in [4.78, 5) is 13.0. The van der Waals surface area contributed by atoms with Crippen LogP contribution in [0.5, 0.6) is 0 Å². The van der Waals surface area contributed by atoms with E-state index in [1.54, 1.807) is 11.8 Å². The third-order valence-electron chi connectivity index (χ3n) is 3.81. The van der Waals surface area contributed by atoms with Gasteiger partial charge in [0.2, 0.25) is 5.91 Å². The van der Waals surface area contributed by atoms with Gasteiger partial charge in [-0.15, -0.1) is 23.1 Å². The van der Waals surface area contributed by atoms with Crippen molar-refractivity contribution in [2.45, 2.75) is 11.4 Å². The van der Waals surface area contributed by atoms with E-state index in [9.17, 15) is 9.90 Å². The van der Waals surface area contributed by atoms with E-state index in [1.165, 1.54) is 28.2 Å². The molecule has 0 aliphatic carbocycles. The highest BCUT2D eigenvalue weighted by atomic mass is 32.2. The lowest BCUT2D eigenvalue weighted by Gasteiger charge is -2.27. The third kappa shape index (κ3) is 4.73. The first-order valence-corrected chi connectivity index (χ1v) is 10.8. The molecule has 0 saturated heterocycles. The quantitative estimate of drug-likeness (QED) is 0.610. The molecule has 0 saturated carbocycles. The normalized spacial score (nSPS) is 13.3. The highest BCUT2D eigenvalue weighted by Crippen LogP contribution is 2.33. The summed E-state index contributed by atoms with van der Waals surface area (Å²) < 4.78 is 0. The Hall–Kier alpha value is -1.60. The van der Waals surface area contributed by atoms with Crippen molar-refractivity contribution in [3.63, 3.8) is 0 Å². The molecule has 6 heteroatoms. The number of benzene rings is 1. The summed E-state index contributed by atoms with van der Waals surface area (Å²) in [5.74, 6) is 1.11. The Morgan fingerprint density at radius 1 is 1.12 bits per heavy atom. The van der Waals surface area contributed by atoms with Gasteiger partial charge in [0, 0.05) is 16.2 Å². The number of hydrogen-bond acceptors (Lipinski definition) is 5. The first kappa shape index (κ1) is 18.2. The molecular formula is C19H19NO2S3. The van der Waals surface area contributed by atoms with Crippen molar-refractivity contribution in [2.24, 2.45) is 0 Å². The number of carbonyl (C=O) groups is 1. The average molecular weight is 390 g/mol. The molecule has 0 spiro atoms. The van der Waals surface area contributed by atoms with Crippen LogP contribution in [-0.2, 0) is 16.1 Å². The van der Waals surface area contributed by atoms with Gasteiger partial charge in [0.15, 0.2) is 0 Å². The summed E-state index contributed by atoms with van der Waals surface area (Å²) in [7, 11) is 0. The first-order valence-electron chi connectivity index (χ1n) is 7.86. The maximum atomic E-state index is 12.2. The summed E-state index contributed by atoms with van der Waals surface area (Å²) in [5.41, 5.74) is 0.847. The van der Waals surface area contributed by atoms with E-state index in [0.717, 1.165) is 16.2 Å². The van der Waals surface area contributed by atoms with Gasteiger partial charge < -0.3 is 10.4 Å². The SMILES string of the molecule is O=C(CSCc1ccccc1)NC[C@@](O)(c1ccsc1)c1cccs1. The molecule has 1 atom stereocenters. The summed E-state index contributed by atoms with van der Waals surface area (Å²) in [6.07, 6.45) is 0. The van der Waals surface area contributed by atoms with Gasteiger partial charge in [0.05, 0.1) is 12.3 Å². The van der Waals surface area contributed by atoms with Crippen LogP contribution in [0.3, 0.4) is 0 Å². The van der Waals surface area contributed by atoms with Crippen LogP contribution in [0.1, 0.15) is 16.0 Å². The van der Waals surface area contributed by atoms with Crippen LogP contribution in [0.4, 0.5) is 0 Å². The molecule has 0 aliphatic heterocycles. The number of hydrogen-bond donors (Lipinski definition) is 2. The van der Waals surface area contributed by atoms with Gasteiger partial charge in [-0.3, -0.25) is 4.79 Å². The standard InChI is InChI=1S/C19H19NO2S3/c21-18(13-24-11-15-5-2-1-3-6-15)20-14-19(22,16-8-10-23-12-16)17-7-4-9-25-17/h1-10,12,22H,11,13-14H2,(H,20,21)/t19-/m1/s1. The predicted molar refractivity (Wildman–Crippen MR) is 107 cm³/mol. The van der Waals surface area contributed by atoms with Crippen molar-refractivity contribution in [2.75, 3.05) is 12.3 Å². The van der Waals surface area contributed by atoms with Crippen LogP contribution in [0, 0.1) is 0 Å². The molecule has 1 amide bonds. The lowest BCUT2D eigenvalue weighted by Crippen LogP contribution is -2.41. The summed E-state index contributed by atoms with van der Waals surface area (Å²) in [6.45, 7) is 0.176. The lowest BCUT2D eigenvalue weighted by molar-refractivity contribution is -0.119. The number of nitrogens with one attached hydrogen (secondary N) is 1. The van der Waals surface area contributed by atoms with Gasteiger partial charge in [-0.2, -0.15) is 11.3 Å². The zero-order valence-electron chi connectivity index (χ0n) is 13.6. The van der Waals surface area contributed by atoms with Crippen LogP contribution >= 0.6 is 34.4 Å². The van der Waals surface area contributed by atoms with Gasteiger partial charge in [0.1, 0.15) is 5.60 Å². The van der Waals surface area contributed by atoms with Crippen molar-refractivity contribution in [1.29, 1.82) is 0 Å². The number of carbonyl (C=O) groups excluding carboxylic acids is 1. The fourth-order valence-corrected chi connectivity index (χ4v) is 4.85. The van der Waals surface area contributed by atoms with E-state index in [2.05, 4.69) is 17.4 Å². The van der Waals surface area contributed by atoms with E-state index in [4.69, 9.17) is 0 Å². The molecule has 1 aromatic carbocycles. The number of amides is 1. The minimum Gasteiger partial charge on any atom is -0.378 e. The smallest absolute Gasteiger partial charge is 0.230 e. The maximum absolute atomic E-state index is 12.2. The zero-order valence-corrected chi connectivity index (χ0v) is 16.0. The molecule has 2 N–H and O–H groups in total. The number of aliphatic hydroxyl groups is 1. The monoisotopic (exact) mass is 389 g/mol. The lowest BCUT2D eigenvalue weighted by atomic mass is 9.94. The predicted octanol–water partition coefficient (Wildman–Crippen LogP) is 4.10. The molecule has 3 aromatic rings. The average Bonchev–Trinajstić information content (AvgIpc) is 3.34. The van der Waals surface area contributed by atoms with Crippen LogP contribution < -0.4 is 5.32 Å². The second-order valence-electron chi connectivity index (χ2n) is 5.60. The number of rotatable bonds is 8. The maximum Gasteiger partial charge on any atom is 0.230 e. The van der Waals surface area contributed by atoms with Crippen molar-refractivity contribution in [3.05, 3.63) is 80.7 Å². The third-order valence-corrected chi connectivity index (χ3v) is 6.52. The van der Waals surface area contributed by atoms with E-state index >= 15 is 0 Å². The van der Waals surface area contributed by atoms with Crippen LogP contribution in [-0.4, -0.2) is 23.3 Å². The Bertz CT molecular complexity index is 736. The summed E-state index contributed by atoms with van der Waals surface area (Å²) in [5, 5.41) is 19.9. The Kier molecular flexibility index (Phi) is 6.31. The number of thioether (sulfide) groups is 1. The Balaban J connectivity index is 1.55. The fraction of sp³-hybridized carbons (Fsp3) is 0.211. The summed E-state index contributed by atoms with van der Waals surface area (Å²) in [6, 6.07) is 15.8. The molecule has 2 aromatic heterocycles. The molecule has 0 bridgehead atoms. The summed E-state index contributed by atoms with van der Waals surface area (Å²) >= 11 is 4.60. The highest BCUT2D eigenvalue weighted by molar-refractivity contribution is 7.99. The van der Waals surface area contributed by atoms with Crippen molar-refractivity contribution in [3.8, 4) is 0 Å². The van der Waals surface area contributed by atoms with Gasteiger partial charge >= 0.3 is 0 Å². The van der Waals surface area contributed by atoms with E-state index in [1.807, 2.05) is 52.5 Å². The minimum atomic E-state index is -1.17. The van der Waals surface area contributed by atoms with Crippen LogP contribution in [0.2, 0.25) is 0 Å². The largest absolute Gasteiger partial charge is 0.378 e. The molecule has 0 fully saturated rings. The molecular weight excluding hydrogens is 370 g/mol. The molecule has 3 nitrogen and oxygen atoms in total. The second kappa shape index (κ2) is 8.67. The van der Waals surface area contributed by atoms with Gasteiger partial charge in [-0.25, -0.2) is 0 Å². The first-order chi connectivity index (χ1) is 12.2. The van der Waals surface area contributed by atoms with E-state index in [-0.39, 0.29) is 12.5 Å². The van der Waals surface area contributed by atoms with Crippen molar-refractivity contribution >= 4 is 40.3 Å². The molecule has 3 rings (SSSR count).